The van der Waals surface area contributed by atoms with Crippen LogP contribution in [-0.4, -0.2) is 34.6 Å². The number of nitrogens with zero attached hydrogens (tertiary/aromatic N) is 1. The molecule has 8 heteroatoms. The SMILES string of the molecule is CC(C)NC(=O)C(C)N(Cc1cccc(Cl)c1)C(=O)CSCc1c(Cl)cccc1Cl. The molecule has 0 saturated heterocycles. The second kappa shape index (κ2) is 11.8. The number of hydrogen-bond acceptors (Lipinski definition) is 3. The standard InChI is InChI=1S/C22H25Cl3N2O2S/c1-14(2)26-22(29)15(3)27(11-16-6-4-7-17(23)10-16)21(28)13-30-12-18-19(24)8-5-9-20(18)25/h4-10,14-15H,11-13H2,1-3H3,(H,26,29). The summed E-state index contributed by atoms with van der Waals surface area (Å²) in [6.45, 7) is 5.79. The average molecular weight is 488 g/mol. The number of thioether (sulfide) groups is 1. The summed E-state index contributed by atoms with van der Waals surface area (Å²) >= 11 is 19.9. The van der Waals surface area contributed by atoms with Crippen molar-refractivity contribution < 1.29 is 9.59 Å². The normalized spacial score (nSPS) is 12.0. The van der Waals surface area contributed by atoms with Gasteiger partial charge in [0.2, 0.25) is 11.8 Å². The zero-order valence-corrected chi connectivity index (χ0v) is 20.2. The van der Waals surface area contributed by atoms with Gasteiger partial charge < -0.3 is 10.2 Å². The van der Waals surface area contributed by atoms with Crippen molar-refractivity contribution in [1.29, 1.82) is 0 Å². The summed E-state index contributed by atoms with van der Waals surface area (Å²) in [5, 5.41) is 4.60. The second-order valence-electron chi connectivity index (χ2n) is 7.18. The molecule has 0 radical (unpaired) electrons. The highest BCUT2D eigenvalue weighted by molar-refractivity contribution is 7.99. The number of carbonyl (C=O) groups is 2. The van der Waals surface area contributed by atoms with Gasteiger partial charge in [-0.1, -0.05) is 53.0 Å². The van der Waals surface area contributed by atoms with Crippen molar-refractivity contribution in [2.45, 2.75) is 45.2 Å². The Hall–Kier alpha value is -1.40. The molecule has 0 heterocycles. The Kier molecular flexibility index (Phi) is 9.82. The first-order chi connectivity index (χ1) is 14.2. The highest BCUT2D eigenvalue weighted by atomic mass is 35.5. The van der Waals surface area contributed by atoms with Gasteiger partial charge in [0.15, 0.2) is 0 Å². The van der Waals surface area contributed by atoms with Gasteiger partial charge >= 0.3 is 0 Å². The summed E-state index contributed by atoms with van der Waals surface area (Å²) in [6.07, 6.45) is 0. The molecule has 0 saturated carbocycles. The summed E-state index contributed by atoms with van der Waals surface area (Å²) in [4.78, 5) is 27.2. The molecule has 2 rings (SSSR count). The predicted molar refractivity (Wildman–Crippen MR) is 127 cm³/mol. The van der Waals surface area contributed by atoms with Crippen molar-refractivity contribution in [2.75, 3.05) is 5.75 Å². The lowest BCUT2D eigenvalue weighted by Gasteiger charge is -2.29. The number of amides is 2. The molecular formula is C22H25Cl3N2O2S. The number of nitrogens with one attached hydrogen (secondary N) is 1. The molecule has 0 aromatic heterocycles. The van der Waals surface area contributed by atoms with Crippen LogP contribution in [-0.2, 0) is 21.9 Å². The fourth-order valence-electron chi connectivity index (χ4n) is 2.81. The maximum absolute atomic E-state index is 13.1. The first-order valence-electron chi connectivity index (χ1n) is 9.54. The molecule has 4 nitrogen and oxygen atoms in total. The fourth-order valence-corrected chi connectivity index (χ4v) is 4.67. The Labute approximate surface area is 197 Å². The maximum Gasteiger partial charge on any atom is 0.242 e. The number of benzene rings is 2. The summed E-state index contributed by atoms with van der Waals surface area (Å²) in [5.74, 6) is 0.359. The van der Waals surface area contributed by atoms with Crippen molar-refractivity contribution in [3.63, 3.8) is 0 Å². The van der Waals surface area contributed by atoms with E-state index in [9.17, 15) is 9.59 Å². The van der Waals surface area contributed by atoms with E-state index in [2.05, 4.69) is 5.32 Å². The van der Waals surface area contributed by atoms with Gasteiger partial charge in [0.1, 0.15) is 6.04 Å². The molecule has 0 bridgehead atoms. The van der Waals surface area contributed by atoms with Gasteiger partial charge in [-0.15, -0.1) is 11.8 Å². The van der Waals surface area contributed by atoms with E-state index >= 15 is 0 Å². The lowest BCUT2D eigenvalue weighted by atomic mass is 10.1. The molecule has 1 unspecified atom stereocenters. The first-order valence-corrected chi connectivity index (χ1v) is 11.8. The average Bonchev–Trinajstić information content (AvgIpc) is 2.67. The van der Waals surface area contributed by atoms with Crippen LogP contribution in [0.15, 0.2) is 42.5 Å². The predicted octanol–water partition coefficient (Wildman–Crippen LogP) is 5.82. The van der Waals surface area contributed by atoms with E-state index in [-0.39, 0.29) is 23.6 Å². The third-order valence-electron chi connectivity index (χ3n) is 4.37. The molecule has 2 aromatic rings. The van der Waals surface area contributed by atoms with Crippen molar-refractivity contribution in [1.82, 2.24) is 10.2 Å². The lowest BCUT2D eigenvalue weighted by molar-refractivity contribution is -0.138. The smallest absolute Gasteiger partial charge is 0.242 e. The molecule has 30 heavy (non-hydrogen) atoms. The number of rotatable bonds is 9. The second-order valence-corrected chi connectivity index (χ2v) is 9.42. The minimum absolute atomic E-state index is 0.0141. The van der Waals surface area contributed by atoms with Crippen molar-refractivity contribution >= 4 is 58.4 Å². The van der Waals surface area contributed by atoms with E-state index in [1.54, 1.807) is 42.2 Å². The van der Waals surface area contributed by atoms with E-state index in [0.717, 1.165) is 11.1 Å². The maximum atomic E-state index is 13.1. The molecule has 1 atom stereocenters. The molecule has 2 amide bonds. The lowest BCUT2D eigenvalue weighted by Crippen LogP contribution is -2.49. The van der Waals surface area contributed by atoms with Crippen LogP contribution in [0, 0.1) is 0 Å². The molecule has 1 N–H and O–H groups in total. The van der Waals surface area contributed by atoms with Gasteiger partial charge in [-0.05, 0) is 56.2 Å². The van der Waals surface area contributed by atoms with E-state index < -0.39 is 6.04 Å². The van der Waals surface area contributed by atoms with Crippen molar-refractivity contribution in [3.8, 4) is 0 Å². The summed E-state index contributed by atoms with van der Waals surface area (Å²) in [6, 6.07) is 12.0. The highest BCUT2D eigenvalue weighted by Crippen LogP contribution is 2.28. The Morgan fingerprint density at radius 3 is 2.27 bits per heavy atom. The summed E-state index contributed by atoms with van der Waals surface area (Å²) < 4.78 is 0. The van der Waals surface area contributed by atoms with Gasteiger partial charge in [0.05, 0.1) is 5.75 Å². The van der Waals surface area contributed by atoms with Crippen LogP contribution in [0.5, 0.6) is 0 Å². The van der Waals surface area contributed by atoms with Crippen LogP contribution in [0.4, 0.5) is 0 Å². The van der Waals surface area contributed by atoms with Crippen LogP contribution < -0.4 is 5.32 Å². The highest BCUT2D eigenvalue weighted by Gasteiger charge is 2.26. The first kappa shape index (κ1) is 24.9. The van der Waals surface area contributed by atoms with E-state index in [0.29, 0.717) is 27.4 Å². The number of hydrogen-bond donors (Lipinski definition) is 1. The van der Waals surface area contributed by atoms with Gasteiger partial charge in [-0.3, -0.25) is 9.59 Å². The fraction of sp³-hybridized carbons (Fsp3) is 0.364. The molecule has 0 aliphatic rings. The number of halogens is 3. The van der Waals surface area contributed by atoms with Crippen molar-refractivity contribution in [3.05, 3.63) is 68.7 Å². The van der Waals surface area contributed by atoms with E-state index in [1.807, 2.05) is 26.0 Å². The van der Waals surface area contributed by atoms with E-state index in [1.165, 1.54) is 11.8 Å². The number of carbonyl (C=O) groups excluding carboxylic acids is 2. The minimum atomic E-state index is -0.622. The molecule has 0 aliphatic heterocycles. The zero-order chi connectivity index (χ0) is 22.3. The van der Waals surface area contributed by atoms with Gasteiger partial charge in [0.25, 0.3) is 0 Å². The molecule has 0 spiro atoms. The summed E-state index contributed by atoms with van der Waals surface area (Å²) in [5.41, 5.74) is 1.66. The minimum Gasteiger partial charge on any atom is -0.352 e. The molecule has 0 fully saturated rings. The Morgan fingerprint density at radius 1 is 1.03 bits per heavy atom. The van der Waals surface area contributed by atoms with E-state index in [4.69, 9.17) is 34.8 Å². The third-order valence-corrected chi connectivity index (χ3v) is 6.26. The largest absolute Gasteiger partial charge is 0.352 e. The summed E-state index contributed by atoms with van der Waals surface area (Å²) in [7, 11) is 0. The van der Waals surface area contributed by atoms with Gasteiger partial charge in [0, 0.05) is 33.4 Å². The van der Waals surface area contributed by atoms with Crippen LogP contribution in [0.3, 0.4) is 0 Å². The van der Waals surface area contributed by atoms with Gasteiger partial charge in [-0.25, -0.2) is 0 Å². The third kappa shape index (κ3) is 7.38. The molecular weight excluding hydrogens is 463 g/mol. The van der Waals surface area contributed by atoms with Crippen LogP contribution in [0.2, 0.25) is 15.1 Å². The molecule has 0 aliphatic carbocycles. The van der Waals surface area contributed by atoms with Crippen LogP contribution >= 0.6 is 46.6 Å². The molecule has 2 aromatic carbocycles. The topological polar surface area (TPSA) is 49.4 Å². The van der Waals surface area contributed by atoms with Crippen LogP contribution in [0.1, 0.15) is 31.9 Å². The quantitative estimate of drug-likeness (QED) is 0.485. The Bertz CT molecular complexity index is 872. The monoisotopic (exact) mass is 486 g/mol. The van der Waals surface area contributed by atoms with Crippen LogP contribution in [0.25, 0.3) is 0 Å². The Morgan fingerprint density at radius 2 is 1.67 bits per heavy atom. The Balaban J connectivity index is 2.11. The van der Waals surface area contributed by atoms with Gasteiger partial charge in [-0.2, -0.15) is 0 Å². The van der Waals surface area contributed by atoms with Crippen molar-refractivity contribution in [2.24, 2.45) is 0 Å². The zero-order valence-electron chi connectivity index (χ0n) is 17.1. The molecule has 162 valence electrons.